The van der Waals surface area contributed by atoms with E-state index in [4.69, 9.17) is 14.7 Å². The van der Waals surface area contributed by atoms with E-state index in [1.165, 1.54) is 0 Å². The Bertz CT molecular complexity index is 1490. The highest BCUT2D eigenvalue weighted by atomic mass is 16.5. The maximum Gasteiger partial charge on any atom is 0.162 e. The number of rotatable bonds is 3. The molecule has 33 heavy (non-hydrogen) atoms. The molecule has 2 unspecified atom stereocenters. The predicted molar refractivity (Wildman–Crippen MR) is 129 cm³/mol. The van der Waals surface area contributed by atoms with E-state index in [1.807, 2.05) is 30.2 Å². The lowest BCUT2D eigenvalue weighted by molar-refractivity contribution is 0.0303. The smallest absolute Gasteiger partial charge is 0.162 e. The highest BCUT2D eigenvalue weighted by molar-refractivity contribution is 5.98. The maximum absolute atomic E-state index is 6.12. The Labute approximate surface area is 191 Å². The molecule has 164 valence electrons. The first-order valence-electron chi connectivity index (χ1n) is 11.5. The minimum atomic E-state index is 0.283. The van der Waals surface area contributed by atoms with Crippen LogP contribution in [0.4, 0.5) is 5.82 Å². The van der Waals surface area contributed by atoms with Crippen LogP contribution in [0.1, 0.15) is 12.8 Å². The number of morpholine rings is 1. The third-order valence-corrected chi connectivity index (χ3v) is 6.97. The van der Waals surface area contributed by atoms with Gasteiger partial charge in [-0.1, -0.05) is 18.2 Å². The second kappa shape index (κ2) is 7.15. The molecule has 1 N–H and O–H groups in total. The molecule has 2 aliphatic heterocycles. The second-order valence-corrected chi connectivity index (χ2v) is 9.05. The summed E-state index contributed by atoms with van der Waals surface area (Å²) < 4.78 is 8.02. The van der Waals surface area contributed by atoms with Crippen LogP contribution in [0.3, 0.4) is 0 Å². The molecule has 2 bridgehead atoms. The zero-order valence-corrected chi connectivity index (χ0v) is 18.4. The van der Waals surface area contributed by atoms with Crippen molar-refractivity contribution in [3.63, 3.8) is 0 Å². The summed E-state index contributed by atoms with van der Waals surface area (Å²) >= 11 is 0. The number of hydrogen-bond acceptors (Lipinski definition) is 5. The topological polar surface area (TPSA) is 71.9 Å². The van der Waals surface area contributed by atoms with Crippen LogP contribution in [0.5, 0.6) is 0 Å². The lowest BCUT2D eigenvalue weighted by Crippen LogP contribution is -2.43. The number of nitrogens with one attached hydrogen (secondary N) is 1. The molecule has 2 saturated heterocycles. The first-order valence-corrected chi connectivity index (χ1v) is 11.5. The third kappa shape index (κ3) is 3.03. The van der Waals surface area contributed by atoms with Gasteiger partial charge in [-0.25, -0.2) is 9.97 Å². The first kappa shape index (κ1) is 18.8. The molecule has 2 atom stereocenters. The van der Waals surface area contributed by atoms with Gasteiger partial charge in [-0.2, -0.15) is 5.10 Å². The van der Waals surface area contributed by atoms with E-state index < -0.39 is 0 Å². The van der Waals surface area contributed by atoms with E-state index in [-0.39, 0.29) is 12.2 Å². The van der Waals surface area contributed by atoms with Crippen LogP contribution in [0.2, 0.25) is 0 Å². The van der Waals surface area contributed by atoms with Crippen LogP contribution in [-0.4, -0.2) is 50.0 Å². The van der Waals surface area contributed by atoms with Gasteiger partial charge in [0, 0.05) is 59.9 Å². The van der Waals surface area contributed by atoms with Gasteiger partial charge in [-0.15, -0.1) is 0 Å². The third-order valence-electron chi connectivity index (χ3n) is 6.97. The van der Waals surface area contributed by atoms with Crippen molar-refractivity contribution in [1.29, 1.82) is 0 Å². The highest BCUT2D eigenvalue weighted by Crippen LogP contribution is 2.36. The number of H-pyrrole nitrogens is 1. The van der Waals surface area contributed by atoms with Crippen LogP contribution in [0.15, 0.2) is 60.9 Å². The number of fused-ring (bicyclic) bond motifs is 4. The fourth-order valence-electron chi connectivity index (χ4n) is 5.36. The SMILES string of the molecule is Cn1nccc1-c1ccc2nc(-c3cccc4[nH]ccc34)nc(N3CC4CCC(C3)O4)c2c1. The first-order chi connectivity index (χ1) is 16.2. The number of aromatic amines is 1. The second-order valence-electron chi connectivity index (χ2n) is 9.05. The van der Waals surface area contributed by atoms with E-state index in [2.05, 4.69) is 57.4 Å². The number of aryl methyl sites for hydroxylation is 1. The fraction of sp³-hybridized carbons (Fsp3) is 0.269. The summed E-state index contributed by atoms with van der Waals surface area (Å²) in [5, 5.41) is 6.55. The van der Waals surface area contributed by atoms with Crippen molar-refractivity contribution in [1.82, 2.24) is 24.7 Å². The Hall–Kier alpha value is -3.71. The molecule has 2 fully saturated rings. The van der Waals surface area contributed by atoms with Crippen LogP contribution >= 0.6 is 0 Å². The number of hydrogen-bond donors (Lipinski definition) is 1. The summed E-state index contributed by atoms with van der Waals surface area (Å²) in [6.07, 6.45) is 6.61. The summed E-state index contributed by atoms with van der Waals surface area (Å²) in [5.74, 6) is 1.75. The number of anilines is 1. The van der Waals surface area contributed by atoms with Gasteiger partial charge in [-0.3, -0.25) is 4.68 Å². The molecule has 0 radical (unpaired) electrons. The molecule has 7 heteroatoms. The molecule has 0 saturated carbocycles. The molecule has 5 heterocycles. The number of benzene rings is 2. The van der Waals surface area contributed by atoms with E-state index in [1.54, 1.807) is 0 Å². The predicted octanol–water partition coefficient (Wildman–Crippen LogP) is 4.55. The van der Waals surface area contributed by atoms with Crippen LogP contribution in [0, 0.1) is 0 Å². The maximum atomic E-state index is 6.12. The Morgan fingerprint density at radius 2 is 1.85 bits per heavy atom. The van der Waals surface area contributed by atoms with Gasteiger partial charge in [-0.05, 0) is 43.2 Å². The van der Waals surface area contributed by atoms with Crippen molar-refractivity contribution in [2.75, 3.05) is 18.0 Å². The van der Waals surface area contributed by atoms with Crippen molar-refractivity contribution in [2.24, 2.45) is 7.05 Å². The molecule has 2 aromatic carbocycles. The van der Waals surface area contributed by atoms with Gasteiger partial charge in [0.25, 0.3) is 0 Å². The zero-order valence-electron chi connectivity index (χ0n) is 18.4. The Morgan fingerprint density at radius 3 is 2.67 bits per heavy atom. The zero-order chi connectivity index (χ0) is 21.9. The largest absolute Gasteiger partial charge is 0.371 e. The molecule has 2 aliphatic rings. The molecule has 0 spiro atoms. The van der Waals surface area contributed by atoms with E-state index in [9.17, 15) is 0 Å². The number of ether oxygens (including phenoxy) is 1. The van der Waals surface area contributed by atoms with E-state index >= 15 is 0 Å². The van der Waals surface area contributed by atoms with Gasteiger partial charge >= 0.3 is 0 Å². The molecule has 0 amide bonds. The summed E-state index contributed by atoms with van der Waals surface area (Å²) in [5.41, 5.74) is 5.28. The minimum absolute atomic E-state index is 0.283. The van der Waals surface area contributed by atoms with Crippen LogP contribution < -0.4 is 4.90 Å². The van der Waals surface area contributed by atoms with Crippen molar-refractivity contribution in [3.05, 3.63) is 60.9 Å². The molecule has 7 nitrogen and oxygen atoms in total. The lowest BCUT2D eigenvalue weighted by atomic mass is 10.1. The molecule has 3 aromatic heterocycles. The Kier molecular flexibility index (Phi) is 4.08. The Morgan fingerprint density at radius 1 is 0.970 bits per heavy atom. The summed E-state index contributed by atoms with van der Waals surface area (Å²) in [4.78, 5) is 15.9. The molecule has 7 rings (SSSR count). The molecular weight excluding hydrogens is 412 g/mol. The van der Waals surface area contributed by atoms with Gasteiger partial charge in [0.05, 0.1) is 23.4 Å². The fourth-order valence-corrected chi connectivity index (χ4v) is 5.36. The quantitative estimate of drug-likeness (QED) is 0.449. The average molecular weight is 437 g/mol. The Balaban J connectivity index is 1.45. The number of aromatic nitrogens is 5. The monoisotopic (exact) mass is 436 g/mol. The highest BCUT2D eigenvalue weighted by Gasteiger charge is 2.35. The number of nitrogens with zero attached hydrogens (tertiary/aromatic N) is 5. The van der Waals surface area contributed by atoms with Gasteiger partial charge in [0.2, 0.25) is 0 Å². The normalized spacial score (nSPS) is 20.2. The van der Waals surface area contributed by atoms with Crippen molar-refractivity contribution in [2.45, 2.75) is 25.0 Å². The minimum Gasteiger partial charge on any atom is -0.371 e. The summed E-state index contributed by atoms with van der Waals surface area (Å²) in [6.45, 7) is 1.73. The molecular formula is C26H24N6O. The van der Waals surface area contributed by atoms with Crippen molar-refractivity contribution >= 4 is 27.6 Å². The summed E-state index contributed by atoms with van der Waals surface area (Å²) in [6, 6.07) is 16.8. The molecule has 0 aliphatic carbocycles. The standard InChI is InChI=1S/C26H24N6O/c1-31-24(10-12-28-31)16-5-8-23-21(13-16)26(32-14-17-6-7-18(15-32)33-17)30-25(29-23)20-3-2-4-22-19(20)9-11-27-22/h2-5,8-13,17-18,27H,6-7,14-15H2,1H3. The van der Waals surface area contributed by atoms with Gasteiger partial charge in [0.15, 0.2) is 5.82 Å². The summed E-state index contributed by atoms with van der Waals surface area (Å²) in [7, 11) is 1.97. The van der Waals surface area contributed by atoms with Gasteiger partial charge < -0.3 is 14.6 Å². The van der Waals surface area contributed by atoms with E-state index in [0.29, 0.717) is 0 Å². The van der Waals surface area contributed by atoms with Crippen molar-refractivity contribution in [3.8, 4) is 22.6 Å². The van der Waals surface area contributed by atoms with Crippen LogP contribution in [-0.2, 0) is 11.8 Å². The van der Waals surface area contributed by atoms with Crippen LogP contribution in [0.25, 0.3) is 44.5 Å². The van der Waals surface area contributed by atoms with Gasteiger partial charge in [0.1, 0.15) is 5.82 Å². The lowest BCUT2D eigenvalue weighted by Gasteiger charge is -2.33. The molecule has 5 aromatic rings. The van der Waals surface area contributed by atoms with Crippen molar-refractivity contribution < 1.29 is 4.74 Å². The average Bonchev–Trinajstić information content (AvgIpc) is 3.57. The van der Waals surface area contributed by atoms with E-state index in [0.717, 1.165) is 76.2 Å².